The van der Waals surface area contributed by atoms with Crippen LogP contribution in [0.4, 0.5) is 17.1 Å². The summed E-state index contributed by atoms with van der Waals surface area (Å²) in [5.41, 5.74) is 8.00. The average molecular weight is 580 g/mol. The molecule has 4 N–H and O–H groups in total. The van der Waals surface area contributed by atoms with Crippen molar-refractivity contribution in [2.45, 2.75) is 10.3 Å². The quantitative estimate of drug-likeness (QED) is 0.217. The number of alkyl halides is 2. The fraction of sp³-hybridized carbons (Fsp3) is 0.130. The van der Waals surface area contributed by atoms with Crippen LogP contribution in [0, 0.1) is 5.92 Å². The Balaban J connectivity index is 0.00000324. The topological polar surface area (TPSA) is 84.2 Å². The molecule has 11 heteroatoms. The van der Waals surface area contributed by atoms with Crippen molar-refractivity contribution in [2.75, 3.05) is 16.4 Å². The highest BCUT2D eigenvalue weighted by molar-refractivity contribution is 6.53. The van der Waals surface area contributed by atoms with E-state index < -0.39 is 28.0 Å². The van der Waals surface area contributed by atoms with E-state index in [4.69, 9.17) is 63.7 Å². The van der Waals surface area contributed by atoms with Crippen molar-refractivity contribution >= 4 is 99.3 Å². The van der Waals surface area contributed by atoms with Crippen LogP contribution < -0.4 is 16.4 Å². The van der Waals surface area contributed by atoms with Crippen LogP contribution in [0.3, 0.4) is 0 Å². The van der Waals surface area contributed by atoms with Gasteiger partial charge in [-0.2, -0.15) is 0 Å². The summed E-state index contributed by atoms with van der Waals surface area (Å²) < 4.78 is -1.32. The number of halogens is 6. The van der Waals surface area contributed by atoms with Crippen LogP contribution in [-0.4, -0.2) is 16.1 Å². The molecule has 0 aliphatic heterocycles. The maximum absolute atomic E-state index is 12.9. The lowest BCUT2D eigenvalue weighted by atomic mass is 10.1. The van der Waals surface area contributed by atoms with Gasteiger partial charge in [0, 0.05) is 33.0 Å². The smallest absolute Gasteiger partial charge is 0.257 e. The molecule has 1 aliphatic rings. The van der Waals surface area contributed by atoms with Crippen LogP contribution >= 0.6 is 70.4 Å². The van der Waals surface area contributed by atoms with Crippen molar-refractivity contribution in [3.05, 3.63) is 86.9 Å². The molecule has 1 saturated carbocycles. The lowest BCUT2D eigenvalue weighted by Gasteiger charge is -2.10. The summed E-state index contributed by atoms with van der Waals surface area (Å²) in [5, 5.41) is 6.55. The molecule has 178 valence electrons. The molecule has 2 atom stereocenters. The van der Waals surface area contributed by atoms with Gasteiger partial charge in [0.15, 0.2) is 0 Å². The van der Waals surface area contributed by atoms with Gasteiger partial charge in [-0.15, -0.1) is 35.6 Å². The minimum absolute atomic E-state index is 0. The highest BCUT2D eigenvalue weighted by Gasteiger charge is 2.67. The van der Waals surface area contributed by atoms with E-state index in [0.29, 0.717) is 32.7 Å². The van der Waals surface area contributed by atoms with Crippen LogP contribution in [0.15, 0.2) is 60.7 Å². The molecular weight excluding hydrogens is 563 g/mol. The first-order chi connectivity index (χ1) is 15.6. The van der Waals surface area contributed by atoms with Gasteiger partial charge in [-0.25, -0.2) is 0 Å². The zero-order valence-corrected chi connectivity index (χ0v) is 21.7. The van der Waals surface area contributed by atoms with Crippen molar-refractivity contribution in [3.63, 3.8) is 0 Å². The van der Waals surface area contributed by atoms with Crippen molar-refractivity contribution in [2.24, 2.45) is 5.92 Å². The summed E-state index contributed by atoms with van der Waals surface area (Å²) in [5.74, 6) is -2.08. The number of hydrogen-bond acceptors (Lipinski definition) is 3. The second kappa shape index (κ2) is 10.4. The Morgan fingerprint density at radius 2 is 1.41 bits per heavy atom. The second-order valence-corrected chi connectivity index (χ2v) is 10.3. The molecule has 1 aliphatic carbocycles. The van der Waals surface area contributed by atoms with Gasteiger partial charge in [0.2, 0.25) is 5.91 Å². The highest BCUT2D eigenvalue weighted by atomic mass is 35.5. The summed E-state index contributed by atoms with van der Waals surface area (Å²) >= 11 is 31.2. The molecule has 0 spiro atoms. The maximum atomic E-state index is 12.9. The molecule has 3 aromatic rings. The zero-order chi connectivity index (χ0) is 23.9. The summed E-state index contributed by atoms with van der Waals surface area (Å²) in [6, 6.07) is 16.2. The van der Waals surface area contributed by atoms with Crippen LogP contribution in [0.1, 0.15) is 21.8 Å². The number of hydrogen-bond donors (Lipinski definition) is 3. The average Bonchev–Trinajstić information content (AvgIpc) is 3.32. The molecule has 34 heavy (non-hydrogen) atoms. The molecular formula is C23H17Cl6N3O2. The molecule has 0 heterocycles. The van der Waals surface area contributed by atoms with Crippen molar-refractivity contribution in [1.29, 1.82) is 0 Å². The largest absolute Gasteiger partial charge is 0.399 e. The number of nitrogens with two attached hydrogens (primary N) is 1. The molecule has 2 amide bonds. The lowest BCUT2D eigenvalue weighted by Crippen LogP contribution is -2.18. The lowest BCUT2D eigenvalue weighted by molar-refractivity contribution is -0.117. The number of benzene rings is 3. The SMILES string of the molecule is Cl.Nc1ccc(NC(=O)c2cc(NC(=O)[C@H]3[C@H](c4cc(Cl)cc(Cl)c4)C3(Cl)Cl)ccc2Cl)cc1. The fourth-order valence-corrected chi connectivity index (χ4v) is 5.16. The van der Waals surface area contributed by atoms with E-state index in [-0.39, 0.29) is 23.0 Å². The van der Waals surface area contributed by atoms with E-state index >= 15 is 0 Å². The molecule has 5 nitrogen and oxygen atoms in total. The standard InChI is InChI=1S/C23H16Cl5N3O2.ClH/c24-12-7-11(8-13(25)9-12)19-20(23(19,27)28)22(33)31-16-5-6-18(26)17(10-16)21(32)30-15-3-1-14(29)2-4-15;/h1-10,19-20H,29H2,(H,30,32)(H,31,33);1H/t19-,20+;/m0./s1. The predicted octanol–water partition coefficient (Wildman–Crippen LogP) is 7.43. The Labute approximate surface area is 227 Å². The minimum Gasteiger partial charge on any atom is -0.399 e. The van der Waals surface area contributed by atoms with E-state index in [1.54, 1.807) is 48.5 Å². The first-order valence-electron chi connectivity index (χ1n) is 9.67. The molecule has 0 saturated heterocycles. The third-order valence-corrected chi connectivity index (χ3v) is 6.93. The predicted molar refractivity (Wildman–Crippen MR) is 143 cm³/mol. The van der Waals surface area contributed by atoms with Gasteiger partial charge in [0.1, 0.15) is 4.33 Å². The number of nitrogens with one attached hydrogen (secondary N) is 2. The summed E-state index contributed by atoms with van der Waals surface area (Å²) in [4.78, 5) is 25.6. The number of nitrogen functional groups attached to an aromatic ring is 1. The summed E-state index contributed by atoms with van der Waals surface area (Å²) in [6.45, 7) is 0. The molecule has 0 bridgehead atoms. The Bertz CT molecular complexity index is 1230. The monoisotopic (exact) mass is 577 g/mol. The summed E-state index contributed by atoms with van der Waals surface area (Å²) in [6.07, 6.45) is 0. The van der Waals surface area contributed by atoms with Gasteiger partial charge in [-0.1, -0.05) is 34.8 Å². The Kier molecular flexibility index (Phi) is 8.18. The van der Waals surface area contributed by atoms with Gasteiger partial charge in [-0.05, 0) is 66.2 Å². The third kappa shape index (κ3) is 5.68. The van der Waals surface area contributed by atoms with Crippen LogP contribution in [0.25, 0.3) is 0 Å². The highest BCUT2D eigenvalue weighted by Crippen LogP contribution is 2.65. The van der Waals surface area contributed by atoms with E-state index in [2.05, 4.69) is 10.6 Å². The molecule has 1 fully saturated rings. The zero-order valence-electron chi connectivity index (χ0n) is 17.1. The van der Waals surface area contributed by atoms with Gasteiger partial charge in [-0.3, -0.25) is 9.59 Å². The van der Waals surface area contributed by atoms with Gasteiger partial charge >= 0.3 is 0 Å². The van der Waals surface area contributed by atoms with Crippen molar-refractivity contribution in [1.82, 2.24) is 0 Å². The number of rotatable bonds is 5. The normalized spacial score (nSPS) is 17.9. The first-order valence-corrected chi connectivity index (χ1v) is 11.6. The molecule has 0 radical (unpaired) electrons. The van der Waals surface area contributed by atoms with Crippen molar-refractivity contribution in [3.8, 4) is 0 Å². The molecule has 4 rings (SSSR count). The number of carbonyl (C=O) groups excluding carboxylic acids is 2. The molecule has 0 aromatic heterocycles. The van der Waals surface area contributed by atoms with Crippen LogP contribution in [-0.2, 0) is 4.79 Å². The Hall–Kier alpha value is -1.86. The van der Waals surface area contributed by atoms with Gasteiger partial charge < -0.3 is 16.4 Å². The van der Waals surface area contributed by atoms with E-state index in [0.717, 1.165) is 0 Å². The van der Waals surface area contributed by atoms with Crippen LogP contribution in [0.2, 0.25) is 15.1 Å². The number of anilines is 3. The number of amides is 2. The Morgan fingerprint density at radius 3 is 2.03 bits per heavy atom. The minimum atomic E-state index is -1.32. The fourth-order valence-electron chi connectivity index (χ4n) is 3.58. The number of carbonyl (C=O) groups is 2. The second-order valence-electron chi connectivity index (χ2n) is 7.59. The Morgan fingerprint density at radius 1 is 0.824 bits per heavy atom. The van der Waals surface area contributed by atoms with Crippen molar-refractivity contribution < 1.29 is 9.59 Å². The first kappa shape index (κ1) is 26.7. The van der Waals surface area contributed by atoms with E-state index in [1.807, 2.05) is 0 Å². The van der Waals surface area contributed by atoms with Gasteiger partial charge in [0.25, 0.3) is 5.91 Å². The van der Waals surface area contributed by atoms with E-state index in [9.17, 15) is 9.59 Å². The summed E-state index contributed by atoms with van der Waals surface area (Å²) in [7, 11) is 0. The van der Waals surface area contributed by atoms with Crippen LogP contribution in [0.5, 0.6) is 0 Å². The third-order valence-electron chi connectivity index (χ3n) is 5.23. The maximum Gasteiger partial charge on any atom is 0.257 e. The molecule has 3 aromatic carbocycles. The van der Waals surface area contributed by atoms with Gasteiger partial charge in [0.05, 0.1) is 16.5 Å². The molecule has 0 unspecified atom stereocenters. The van der Waals surface area contributed by atoms with E-state index in [1.165, 1.54) is 12.1 Å².